The highest BCUT2D eigenvalue weighted by atomic mass is 16.3. The van der Waals surface area contributed by atoms with E-state index in [1.54, 1.807) is 0 Å². The van der Waals surface area contributed by atoms with Gasteiger partial charge in [0, 0.05) is 27.4 Å². The maximum atomic E-state index is 6.49. The van der Waals surface area contributed by atoms with E-state index < -0.39 is 0 Å². The molecular formula is C52H33NO2. The SMILES string of the molecule is c1ccc(-c2ccc(-c3cccc4ccccc34)cc2N(c2cccc(-c3ccc4c(c3)oc3ccccc34)c2)c2cccc3oc4ccccc4c23)cc1. The first-order valence-electron chi connectivity index (χ1n) is 18.7. The van der Waals surface area contributed by atoms with E-state index in [9.17, 15) is 0 Å². The first-order valence-corrected chi connectivity index (χ1v) is 18.7. The average molecular weight is 704 g/mol. The maximum absolute atomic E-state index is 6.49. The van der Waals surface area contributed by atoms with Crippen LogP contribution in [-0.4, -0.2) is 0 Å². The number of furan rings is 2. The lowest BCUT2D eigenvalue weighted by molar-refractivity contribution is 0.668. The molecule has 0 amide bonds. The molecule has 0 bridgehead atoms. The Morgan fingerprint density at radius 2 is 0.927 bits per heavy atom. The van der Waals surface area contributed by atoms with Crippen molar-refractivity contribution in [2.45, 2.75) is 0 Å². The summed E-state index contributed by atoms with van der Waals surface area (Å²) in [6.07, 6.45) is 0. The van der Waals surface area contributed by atoms with Gasteiger partial charge >= 0.3 is 0 Å². The molecule has 11 rings (SSSR count). The first-order chi connectivity index (χ1) is 27.3. The Labute approximate surface area is 317 Å². The molecule has 0 atom stereocenters. The van der Waals surface area contributed by atoms with Crippen LogP contribution < -0.4 is 4.90 Å². The number of fused-ring (bicyclic) bond motifs is 7. The van der Waals surface area contributed by atoms with E-state index in [0.717, 1.165) is 88.8 Å². The van der Waals surface area contributed by atoms with Gasteiger partial charge in [0.2, 0.25) is 0 Å². The van der Waals surface area contributed by atoms with Gasteiger partial charge in [0.05, 0.1) is 16.8 Å². The molecule has 3 nitrogen and oxygen atoms in total. The molecule has 0 saturated carbocycles. The van der Waals surface area contributed by atoms with Crippen molar-refractivity contribution < 1.29 is 8.83 Å². The van der Waals surface area contributed by atoms with Gasteiger partial charge in [-0.05, 0) is 93.2 Å². The number of hydrogen-bond acceptors (Lipinski definition) is 3. The number of hydrogen-bond donors (Lipinski definition) is 0. The van der Waals surface area contributed by atoms with Crippen LogP contribution in [0.5, 0.6) is 0 Å². The standard InChI is InChI=1S/C52H33NO2/c1-2-13-35(14-3-1)42-29-28-38(41-22-11-16-34-15-4-5-19-40(34)41)32-47(42)53(46-23-12-26-50-52(46)45-21-7-9-25-49(45)54-50)39-18-10-17-36(31-39)37-27-30-44-43-20-6-8-24-48(43)55-51(44)33-37/h1-33H. The molecule has 9 aromatic carbocycles. The molecule has 2 aromatic heterocycles. The van der Waals surface area contributed by atoms with Crippen molar-refractivity contribution in [1.29, 1.82) is 0 Å². The van der Waals surface area contributed by atoms with Crippen LogP contribution in [0.4, 0.5) is 17.1 Å². The summed E-state index contributed by atoms with van der Waals surface area (Å²) >= 11 is 0. The van der Waals surface area contributed by atoms with Gasteiger partial charge in [0.15, 0.2) is 0 Å². The van der Waals surface area contributed by atoms with E-state index in [1.807, 2.05) is 18.2 Å². The summed E-state index contributed by atoms with van der Waals surface area (Å²) in [4.78, 5) is 2.42. The van der Waals surface area contributed by atoms with Crippen molar-refractivity contribution in [1.82, 2.24) is 0 Å². The molecule has 3 heteroatoms. The number of benzene rings is 9. The summed E-state index contributed by atoms with van der Waals surface area (Å²) in [5.41, 5.74) is 13.4. The van der Waals surface area contributed by atoms with Gasteiger partial charge in [0.1, 0.15) is 22.3 Å². The fraction of sp³-hybridized carbons (Fsp3) is 0. The van der Waals surface area contributed by atoms with Gasteiger partial charge < -0.3 is 13.7 Å². The molecule has 0 radical (unpaired) electrons. The Morgan fingerprint density at radius 3 is 1.82 bits per heavy atom. The van der Waals surface area contributed by atoms with Crippen molar-refractivity contribution in [2.24, 2.45) is 0 Å². The lowest BCUT2D eigenvalue weighted by Crippen LogP contribution is -2.12. The number of nitrogens with zero attached hydrogens (tertiary/aromatic N) is 1. The van der Waals surface area contributed by atoms with E-state index in [0.29, 0.717) is 0 Å². The van der Waals surface area contributed by atoms with Crippen LogP contribution in [-0.2, 0) is 0 Å². The van der Waals surface area contributed by atoms with Gasteiger partial charge in [-0.25, -0.2) is 0 Å². The number of para-hydroxylation sites is 2. The number of rotatable bonds is 6. The second-order valence-electron chi connectivity index (χ2n) is 14.1. The smallest absolute Gasteiger partial charge is 0.137 e. The van der Waals surface area contributed by atoms with Gasteiger partial charge in [-0.3, -0.25) is 0 Å². The second-order valence-corrected chi connectivity index (χ2v) is 14.1. The predicted octanol–water partition coefficient (Wildman–Crippen LogP) is 15.1. The Kier molecular flexibility index (Phi) is 7.17. The highest BCUT2D eigenvalue weighted by Crippen LogP contribution is 2.48. The van der Waals surface area contributed by atoms with Gasteiger partial charge in [-0.15, -0.1) is 0 Å². The first kappa shape index (κ1) is 31.2. The minimum absolute atomic E-state index is 0.849. The number of anilines is 3. The zero-order valence-corrected chi connectivity index (χ0v) is 29.8. The summed E-state index contributed by atoms with van der Waals surface area (Å²) in [5, 5.41) is 6.84. The fourth-order valence-corrected chi connectivity index (χ4v) is 8.30. The van der Waals surface area contributed by atoms with Gasteiger partial charge in [-0.2, -0.15) is 0 Å². The van der Waals surface area contributed by atoms with E-state index >= 15 is 0 Å². The molecule has 0 aliphatic carbocycles. The van der Waals surface area contributed by atoms with Crippen LogP contribution >= 0.6 is 0 Å². The minimum atomic E-state index is 0.849. The summed E-state index contributed by atoms with van der Waals surface area (Å²) in [5.74, 6) is 0. The normalized spacial score (nSPS) is 11.6. The lowest BCUT2D eigenvalue weighted by Gasteiger charge is -2.29. The average Bonchev–Trinajstić information content (AvgIpc) is 3.82. The molecular weight excluding hydrogens is 671 g/mol. The maximum Gasteiger partial charge on any atom is 0.137 e. The molecule has 0 unspecified atom stereocenters. The largest absolute Gasteiger partial charge is 0.456 e. The van der Waals surface area contributed by atoms with Crippen LogP contribution in [0.2, 0.25) is 0 Å². The Balaban J connectivity index is 1.19. The molecule has 0 N–H and O–H groups in total. The Hall–Kier alpha value is -7.36. The van der Waals surface area contributed by atoms with E-state index in [4.69, 9.17) is 8.83 Å². The van der Waals surface area contributed by atoms with Crippen molar-refractivity contribution in [3.8, 4) is 33.4 Å². The van der Waals surface area contributed by atoms with E-state index in [-0.39, 0.29) is 0 Å². The molecule has 11 aromatic rings. The zero-order chi connectivity index (χ0) is 36.3. The van der Waals surface area contributed by atoms with Crippen LogP contribution in [0.15, 0.2) is 209 Å². The summed E-state index contributed by atoms with van der Waals surface area (Å²) < 4.78 is 12.8. The van der Waals surface area contributed by atoms with Crippen LogP contribution in [0.25, 0.3) is 88.0 Å². The fourth-order valence-electron chi connectivity index (χ4n) is 8.30. The van der Waals surface area contributed by atoms with Crippen LogP contribution in [0, 0.1) is 0 Å². The second kappa shape index (κ2) is 12.6. The van der Waals surface area contributed by atoms with Crippen molar-refractivity contribution in [2.75, 3.05) is 4.90 Å². The third kappa shape index (κ3) is 5.20. The van der Waals surface area contributed by atoms with E-state index in [2.05, 4.69) is 187 Å². The minimum Gasteiger partial charge on any atom is -0.456 e. The summed E-state index contributed by atoms with van der Waals surface area (Å²) in [6, 6.07) is 71.1. The lowest BCUT2D eigenvalue weighted by atomic mass is 9.93. The quantitative estimate of drug-likeness (QED) is 0.173. The topological polar surface area (TPSA) is 29.5 Å². The molecule has 0 fully saturated rings. The van der Waals surface area contributed by atoms with Crippen molar-refractivity contribution in [3.63, 3.8) is 0 Å². The Bertz CT molecular complexity index is 3220. The van der Waals surface area contributed by atoms with Crippen LogP contribution in [0.3, 0.4) is 0 Å². The van der Waals surface area contributed by atoms with Crippen molar-refractivity contribution >= 4 is 71.7 Å². The molecule has 0 spiro atoms. The third-order valence-electron chi connectivity index (χ3n) is 10.9. The predicted molar refractivity (Wildman–Crippen MR) is 229 cm³/mol. The molecule has 0 aliphatic rings. The molecule has 258 valence electrons. The summed E-state index contributed by atoms with van der Waals surface area (Å²) in [7, 11) is 0. The third-order valence-corrected chi connectivity index (χ3v) is 10.9. The molecule has 0 aliphatic heterocycles. The molecule has 0 saturated heterocycles. The van der Waals surface area contributed by atoms with Gasteiger partial charge in [0.25, 0.3) is 0 Å². The highest BCUT2D eigenvalue weighted by Gasteiger charge is 2.23. The van der Waals surface area contributed by atoms with Gasteiger partial charge in [-0.1, -0.05) is 146 Å². The summed E-state index contributed by atoms with van der Waals surface area (Å²) in [6.45, 7) is 0. The zero-order valence-electron chi connectivity index (χ0n) is 29.8. The van der Waals surface area contributed by atoms with Crippen molar-refractivity contribution in [3.05, 3.63) is 200 Å². The van der Waals surface area contributed by atoms with Crippen LogP contribution in [0.1, 0.15) is 0 Å². The Morgan fingerprint density at radius 1 is 0.309 bits per heavy atom. The highest BCUT2D eigenvalue weighted by molar-refractivity contribution is 6.14. The monoisotopic (exact) mass is 703 g/mol. The van der Waals surface area contributed by atoms with E-state index in [1.165, 1.54) is 16.3 Å². The molecule has 2 heterocycles. The molecule has 55 heavy (non-hydrogen) atoms.